The van der Waals surface area contributed by atoms with E-state index in [1.165, 1.54) is 13.8 Å². The van der Waals surface area contributed by atoms with Gasteiger partial charge in [0.2, 0.25) is 0 Å². The van der Waals surface area contributed by atoms with Crippen LogP contribution in [0, 0.1) is 5.92 Å². The Labute approximate surface area is 77.3 Å². The Morgan fingerprint density at radius 3 is 2.00 bits per heavy atom. The fourth-order valence-corrected chi connectivity index (χ4v) is 1.67. The molecule has 0 aliphatic heterocycles. The lowest BCUT2D eigenvalue weighted by Gasteiger charge is -2.37. The van der Waals surface area contributed by atoms with Crippen LogP contribution in [0.5, 0.6) is 0 Å². The molecule has 0 saturated carbocycles. The Hall–Kier alpha value is -0.220. The first-order valence-electron chi connectivity index (χ1n) is 3.83. The zero-order valence-corrected chi connectivity index (χ0v) is 8.96. The molecule has 5 nitrogen and oxygen atoms in total. The number of carbonyl (C=O) groups excluding carboxylic acids is 1. The zero-order valence-electron chi connectivity index (χ0n) is 8.07. The third-order valence-corrected chi connectivity index (χ3v) is 2.14. The molecule has 0 aromatic carbocycles. The smallest absolute Gasteiger partial charge is 0.166 e. The first-order chi connectivity index (χ1) is 5.56. The van der Waals surface area contributed by atoms with Crippen LogP contribution in [0.4, 0.5) is 0 Å². The van der Waals surface area contributed by atoms with E-state index in [-0.39, 0.29) is 5.92 Å². The summed E-state index contributed by atoms with van der Waals surface area (Å²) in [5.74, 6) is -0.791. The van der Waals surface area contributed by atoms with Crippen molar-refractivity contribution >= 4 is 13.6 Å². The molecule has 0 spiro atoms. The van der Waals surface area contributed by atoms with Gasteiger partial charge in [-0.2, -0.15) is 0 Å². The maximum Gasteiger partial charge on any atom is 0.166 e. The minimum absolute atomic E-state index is 0.374. The summed E-state index contributed by atoms with van der Waals surface area (Å²) >= 11 is 0. The Morgan fingerprint density at radius 1 is 1.38 bits per heavy atom. The lowest BCUT2D eigenvalue weighted by atomic mass is 9.95. The number of ketones is 1. The predicted molar refractivity (Wildman–Crippen MR) is 42.6 cm³/mol. The molecule has 13 heavy (non-hydrogen) atoms. The van der Waals surface area contributed by atoms with E-state index in [1.807, 2.05) is 0 Å². The van der Waals surface area contributed by atoms with Gasteiger partial charge in [0, 0.05) is 5.92 Å². The quantitative estimate of drug-likeness (QED) is 0.598. The van der Waals surface area contributed by atoms with Gasteiger partial charge in [0.15, 0.2) is 5.78 Å². The molecule has 78 valence electrons. The van der Waals surface area contributed by atoms with Crippen LogP contribution in [0.1, 0.15) is 27.7 Å². The zero-order chi connectivity index (χ0) is 10.9. The highest BCUT2D eigenvalue weighted by Gasteiger charge is 2.31. The molecule has 0 bridgehead atoms. The Kier molecular flexibility index (Phi) is 3.82. The van der Waals surface area contributed by atoms with Gasteiger partial charge in [-0.1, -0.05) is 13.8 Å². The Balaban J connectivity index is 4.59. The average Bonchev–Trinajstić information content (AvgIpc) is 1.80. The Bertz CT molecular complexity index is 239. The van der Waals surface area contributed by atoms with Crippen molar-refractivity contribution in [1.82, 2.24) is 0 Å². The van der Waals surface area contributed by atoms with E-state index in [2.05, 4.69) is 4.52 Å². The normalized spacial score (nSPS) is 13.5. The second-order valence-electron chi connectivity index (χ2n) is 3.57. The second kappa shape index (κ2) is 3.88. The molecule has 0 amide bonds. The van der Waals surface area contributed by atoms with Gasteiger partial charge in [-0.05, 0) is 13.8 Å². The maximum absolute atomic E-state index is 11.3. The van der Waals surface area contributed by atoms with Crippen molar-refractivity contribution in [3.05, 3.63) is 0 Å². The van der Waals surface area contributed by atoms with Gasteiger partial charge in [-0.3, -0.25) is 4.79 Å². The summed E-state index contributed by atoms with van der Waals surface area (Å²) < 4.78 is 14.4. The molecule has 6 heteroatoms. The van der Waals surface area contributed by atoms with Crippen molar-refractivity contribution in [2.24, 2.45) is 5.92 Å². The standard InChI is InChI=1S/C7H15O5P/c1-5(2)6(8)7(3,4)12-13(9,10)11/h5H,1-4H3,(H2,9,10,11)/p-2. The molecule has 0 aliphatic carbocycles. The lowest BCUT2D eigenvalue weighted by molar-refractivity contribution is -0.347. The van der Waals surface area contributed by atoms with E-state index in [0.717, 1.165) is 0 Å². The van der Waals surface area contributed by atoms with Gasteiger partial charge in [-0.15, -0.1) is 0 Å². The van der Waals surface area contributed by atoms with Gasteiger partial charge in [0.25, 0.3) is 0 Å². The first-order valence-corrected chi connectivity index (χ1v) is 5.29. The van der Waals surface area contributed by atoms with E-state index in [4.69, 9.17) is 0 Å². The fourth-order valence-electron chi connectivity index (χ4n) is 1.02. The largest absolute Gasteiger partial charge is 0.790 e. The lowest BCUT2D eigenvalue weighted by Crippen LogP contribution is -2.40. The Morgan fingerprint density at radius 2 is 1.77 bits per heavy atom. The van der Waals surface area contributed by atoms with Crippen molar-refractivity contribution in [2.45, 2.75) is 33.3 Å². The highest BCUT2D eigenvalue weighted by atomic mass is 31.2. The number of phosphoric acid groups is 1. The number of Topliss-reactive ketones (excluding diaryl/α,β-unsaturated/α-hetero) is 1. The molecule has 0 rings (SSSR count). The van der Waals surface area contributed by atoms with Crippen molar-refractivity contribution in [3.63, 3.8) is 0 Å². The summed E-state index contributed by atoms with van der Waals surface area (Å²) in [7, 11) is -5.10. The highest BCUT2D eigenvalue weighted by Crippen LogP contribution is 2.34. The fraction of sp³-hybridized carbons (Fsp3) is 0.857. The summed E-state index contributed by atoms with van der Waals surface area (Å²) in [5.41, 5.74) is -1.56. The van der Waals surface area contributed by atoms with Crippen LogP contribution in [-0.2, 0) is 13.9 Å². The van der Waals surface area contributed by atoms with E-state index >= 15 is 0 Å². The number of rotatable bonds is 4. The van der Waals surface area contributed by atoms with Crippen molar-refractivity contribution in [1.29, 1.82) is 0 Å². The molecule has 0 radical (unpaired) electrons. The van der Waals surface area contributed by atoms with Gasteiger partial charge < -0.3 is 18.9 Å². The average molecular weight is 208 g/mol. The predicted octanol–water partition coefficient (Wildman–Crippen LogP) is -0.165. The molecule has 0 aliphatic rings. The molecule has 0 fully saturated rings. The van der Waals surface area contributed by atoms with Crippen LogP contribution in [-0.4, -0.2) is 11.4 Å². The van der Waals surface area contributed by atoms with Gasteiger partial charge in [0.1, 0.15) is 5.60 Å². The van der Waals surface area contributed by atoms with Gasteiger partial charge in [-0.25, -0.2) is 0 Å². The number of hydrogen-bond donors (Lipinski definition) is 0. The molecule has 0 saturated heterocycles. The van der Waals surface area contributed by atoms with E-state index in [1.54, 1.807) is 13.8 Å². The molecule has 0 heterocycles. The van der Waals surface area contributed by atoms with E-state index in [9.17, 15) is 19.1 Å². The second-order valence-corrected chi connectivity index (χ2v) is 4.64. The van der Waals surface area contributed by atoms with Crippen LogP contribution in [0.15, 0.2) is 0 Å². The van der Waals surface area contributed by atoms with E-state index in [0.29, 0.717) is 0 Å². The minimum Gasteiger partial charge on any atom is -0.790 e. The molecule has 0 unspecified atom stereocenters. The van der Waals surface area contributed by atoms with Crippen LogP contribution in [0.2, 0.25) is 0 Å². The van der Waals surface area contributed by atoms with Crippen molar-refractivity contribution in [3.8, 4) is 0 Å². The molecule has 0 aromatic rings. The summed E-state index contributed by atoms with van der Waals surface area (Å²) in [6.07, 6.45) is 0. The van der Waals surface area contributed by atoms with Crippen LogP contribution in [0.3, 0.4) is 0 Å². The molecular formula is C7H13O5P-2. The topological polar surface area (TPSA) is 89.5 Å². The molecular weight excluding hydrogens is 195 g/mol. The van der Waals surface area contributed by atoms with Crippen LogP contribution >= 0.6 is 7.82 Å². The molecule has 0 N–H and O–H groups in total. The first kappa shape index (κ1) is 12.8. The van der Waals surface area contributed by atoms with Crippen molar-refractivity contribution in [2.75, 3.05) is 0 Å². The SMILES string of the molecule is CC(C)C(=O)C(C)(C)OP(=O)([O-])[O-]. The van der Waals surface area contributed by atoms with Crippen LogP contribution in [0.25, 0.3) is 0 Å². The van der Waals surface area contributed by atoms with E-state index < -0.39 is 19.2 Å². The molecule has 0 aromatic heterocycles. The molecule has 0 atom stereocenters. The minimum atomic E-state index is -5.10. The highest BCUT2D eigenvalue weighted by molar-refractivity contribution is 7.43. The summed E-state index contributed by atoms with van der Waals surface area (Å²) in [6, 6.07) is 0. The summed E-state index contributed by atoms with van der Waals surface area (Å²) in [5, 5.41) is 0. The number of phosphoric ester groups is 1. The number of carbonyl (C=O) groups is 1. The van der Waals surface area contributed by atoms with Gasteiger partial charge in [0.05, 0.1) is 7.82 Å². The van der Waals surface area contributed by atoms with Crippen molar-refractivity contribution < 1.29 is 23.7 Å². The maximum atomic E-state index is 11.3. The monoisotopic (exact) mass is 208 g/mol. The summed E-state index contributed by atoms with van der Waals surface area (Å²) in [4.78, 5) is 31.9. The van der Waals surface area contributed by atoms with Crippen LogP contribution < -0.4 is 9.79 Å². The van der Waals surface area contributed by atoms with Gasteiger partial charge >= 0.3 is 0 Å². The third-order valence-electron chi connectivity index (χ3n) is 1.46. The number of hydrogen-bond acceptors (Lipinski definition) is 5. The third kappa shape index (κ3) is 4.52. The summed E-state index contributed by atoms with van der Waals surface area (Å²) in [6.45, 7) is 5.73.